The molecule has 10 heteroatoms. The molecular formula is C34H35N3O6S. The van der Waals surface area contributed by atoms with Gasteiger partial charge < -0.3 is 30.3 Å². The Balaban J connectivity index is 1.35. The third-order valence-electron chi connectivity index (χ3n) is 7.31. The van der Waals surface area contributed by atoms with Crippen LogP contribution in [0.25, 0.3) is 11.1 Å². The number of nitrogens with one attached hydrogen (secondary N) is 2. The average molecular weight is 614 g/mol. The number of rotatable bonds is 11. The molecule has 4 aromatic rings. The number of carbonyl (C=O) groups is 2. The Morgan fingerprint density at radius 3 is 2.41 bits per heavy atom. The fraction of sp³-hybridized carbons (Fsp3) is 0.265. The Labute approximate surface area is 260 Å². The predicted octanol–water partition coefficient (Wildman–Crippen LogP) is 6.10. The minimum absolute atomic E-state index is 0.0374. The summed E-state index contributed by atoms with van der Waals surface area (Å²) < 4.78 is 12.9. The van der Waals surface area contributed by atoms with E-state index in [9.17, 15) is 19.8 Å². The molecule has 0 unspecified atom stereocenters. The summed E-state index contributed by atoms with van der Waals surface area (Å²) in [4.78, 5) is 27.9. The number of carboxylic acids is 1. The summed E-state index contributed by atoms with van der Waals surface area (Å²) in [7, 11) is 0. The number of ether oxygens (including phenoxy) is 2. The van der Waals surface area contributed by atoms with Crippen LogP contribution in [0.4, 0.5) is 4.79 Å². The van der Waals surface area contributed by atoms with Crippen molar-refractivity contribution in [3.05, 3.63) is 119 Å². The number of urea groups is 1. The topological polar surface area (TPSA) is 130 Å². The van der Waals surface area contributed by atoms with Gasteiger partial charge in [-0.05, 0) is 46.9 Å². The average Bonchev–Trinajstić information content (AvgIpc) is 3.07. The number of aliphatic hydroxyl groups is 1. The van der Waals surface area contributed by atoms with Gasteiger partial charge in [-0.15, -0.1) is 11.8 Å². The standard InChI is InChI=1S/C34H35N3O6S/c1-2-35-34(41)37-19-26-6-3-4-7-28(26)23-13-15-25(16-14-23)33-42-27(21-44-31-29(32(39)40)8-5-17-36-31)18-30(43-33)24-11-9-22(20-38)10-12-24/h3-17,27,30,33,38H,2,18-21H2,1H3,(H,39,40)(H2,35,37,41)/t27-,30+,33+/m1/s1. The number of aliphatic hydroxyl groups excluding tert-OH is 1. The summed E-state index contributed by atoms with van der Waals surface area (Å²) in [5, 5.41) is 25.2. The smallest absolute Gasteiger partial charge is 0.338 e. The number of hydrogen-bond donors (Lipinski definition) is 4. The van der Waals surface area contributed by atoms with Crippen molar-refractivity contribution in [1.29, 1.82) is 0 Å². The molecule has 4 N–H and O–H groups in total. The van der Waals surface area contributed by atoms with Gasteiger partial charge in [0.15, 0.2) is 6.29 Å². The first-order chi connectivity index (χ1) is 21.4. The maximum Gasteiger partial charge on any atom is 0.338 e. The maximum atomic E-state index is 12.0. The van der Waals surface area contributed by atoms with E-state index in [2.05, 4.69) is 15.6 Å². The molecule has 228 valence electrons. The third kappa shape index (κ3) is 7.83. The van der Waals surface area contributed by atoms with Gasteiger partial charge in [-0.3, -0.25) is 0 Å². The van der Waals surface area contributed by atoms with Crippen LogP contribution in [0.3, 0.4) is 0 Å². The van der Waals surface area contributed by atoms with Crippen LogP contribution in [0.15, 0.2) is 96.2 Å². The van der Waals surface area contributed by atoms with Gasteiger partial charge in [0.2, 0.25) is 0 Å². The van der Waals surface area contributed by atoms with Gasteiger partial charge in [0.1, 0.15) is 5.03 Å². The highest BCUT2D eigenvalue weighted by Gasteiger charge is 2.32. The molecule has 1 aliphatic heterocycles. The van der Waals surface area contributed by atoms with Gasteiger partial charge in [0, 0.05) is 37.0 Å². The number of amides is 2. The number of carboxylic acid groups (broad SMARTS) is 1. The third-order valence-corrected chi connectivity index (χ3v) is 8.45. The van der Waals surface area contributed by atoms with Crippen molar-refractivity contribution in [3.63, 3.8) is 0 Å². The van der Waals surface area contributed by atoms with Crippen molar-refractivity contribution in [1.82, 2.24) is 15.6 Å². The monoisotopic (exact) mass is 613 g/mol. The number of thioether (sulfide) groups is 1. The lowest BCUT2D eigenvalue weighted by molar-refractivity contribution is -0.245. The zero-order valence-electron chi connectivity index (χ0n) is 24.3. The summed E-state index contributed by atoms with van der Waals surface area (Å²) in [6.45, 7) is 2.79. The first-order valence-electron chi connectivity index (χ1n) is 14.5. The first kappa shape index (κ1) is 31.2. The van der Waals surface area contributed by atoms with Gasteiger partial charge in [0.05, 0.1) is 24.4 Å². The molecule has 1 aromatic heterocycles. The zero-order chi connectivity index (χ0) is 30.9. The molecule has 5 rings (SSSR count). The van der Waals surface area contributed by atoms with Crippen LogP contribution in [-0.2, 0) is 22.6 Å². The Kier molecular flexibility index (Phi) is 10.6. The summed E-state index contributed by atoms with van der Waals surface area (Å²) in [6, 6.07) is 26.6. The van der Waals surface area contributed by atoms with Crippen molar-refractivity contribution >= 4 is 23.8 Å². The number of nitrogens with zero attached hydrogens (tertiary/aromatic N) is 1. The van der Waals surface area contributed by atoms with Crippen LogP contribution in [0, 0.1) is 0 Å². The number of aromatic carboxylic acids is 1. The van der Waals surface area contributed by atoms with E-state index in [1.165, 1.54) is 11.8 Å². The molecule has 1 saturated heterocycles. The highest BCUT2D eigenvalue weighted by atomic mass is 32.2. The van der Waals surface area contributed by atoms with Crippen molar-refractivity contribution < 1.29 is 29.3 Å². The molecule has 0 saturated carbocycles. The van der Waals surface area contributed by atoms with Gasteiger partial charge in [0.25, 0.3) is 0 Å². The fourth-order valence-corrected chi connectivity index (χ4v) is 6.04. The lowest BCUT2D eigenvalue weighted by Crippen LogP contribution is -2.34. The Hall–Kier alpha value is -4.22. The number of carbonyl (C=O) groups excluding carboxylic acids is 1. The lowest BCUT2D eigenvalue weighted by atomic mass is 9.98. The van der Waals surface area contributed by atoms with E-state index in [-0.39, 0.29) is 30.4 Å². The molecular weight excluding hydrogens is 578 g/mol. The summed E-state index contributed by atoms with van der Waals surface area (Å²) in [5.74, 6) is -0.526. The normalized spacial score (nSPS) is 18.0. The van der Waals surface area contributed by atoms with Crippen molar-refractivity contribution in [3.8, 4) is 11.1 Å². The van der Waals surface area contributed by atoms with Crippen LogP contribution in [-0.4, -0.2) is 45.6 Å². The number of benzene rings is 3. The molecule has 3 atom stereocenters. The van der Waals surface area contributed by atoms with Crippen LogP contribution in [0.2, 0.25) is 0 Å². The number of pyridine rings is 1. The lowest BCUT2D eigenvalue weighted by Gasteiger charge is -2.36. The molecule has 0 aliphatic carbocycles. The minimum Gasteiger partial charge on any atom is -0.478 e. The van der Waals surface area contributed by atoms with Crippen LogP contribution in [0.5, 0.6) is 0 Å². The highest BCUT2D eigenvalue weighted by molar-refractivity contribution is 7.99. The Bertz CT molecular complexity index is 1560. The van der Waals surface area contributed by atoms with Crippen molar-refractivity contribution in [2.24, 2.45) is 0 Å². The molecule has 1 fully saturated rings. The van der Waals surface area contributed by atoms with E-state index in [0.717, 1.165) is 33.4 Å². The predicted molar refractivity (Wildman–Crippen MR) is 168 cm³/mol. The van der Waals surface area contributed by atoms with Crippen molar-refractivity contribution in [2.45, 2.75) is 50.0 Å². The molecule has 0 spiro atoms. The highest BCUT2D eigenvalue weighted by Crippen LogP contribution is 2.40. The summed E-state index contributed by atoms with van der Waals surface area (Å²) in [6.07, 6.45) is 0.995. The summed E-state index contributed by atoms with van der Waals surface area (Å²) in [5.41, 5.74) is 5.81. The van der Waals surface area contributed by atoms with Crippen LogP contribution < -0.4 is 10.6 Å². The van der Waals surface area contributed by atoms with E-state index in [4.69, 9.17) is 9.47 Å². The first-order valence-corrected chi connectivity index (χ1v) is 15.4. The van der Waals surface area contributed by atoms with Crippen molar-refractivity contribution in [2.75, 3.05) is 12.3 Å². The molecule has 0 bridgehead atoms. The quantitative estimate of drug-likeness (QED) is 0.150. The van der Waals surface area contributed by atoms with Gasteiger partial charge >= 0.3 is 12.0 Å². The molecule has 0 radical (unpaired) electrons. The molecule has 44 heavy (non-hydrogen) atoms. The van der Waals surface area contributed by atoms with Crippen LogP contribution in [0.1, 0.15) is 58.4 Å². The molecule has 1 aliphatic rings. The fourth-order valence-electron chi connectivity index (χ4n) is 5.04. The van der Waals surface area contributed by atoms with E-state index >= 15 is 0 Å². The number of aromatic nitrogens is 1. The van der Waals surface area contributed by atoms with Crippen LogP contribution >= 0.6 is 11.8 Å². The largest absolute Gasteiger partial charge is 0.478 e. The molecule has 3 aromatic carbocycles. The van der Waals surface area contributed by atoms with E-state index in [1.807, 2.05) is 79.7 Å². The Morgan fingerprint density at radius 1 is 0.932 bits per heavy atom. The summed E-state index contributed by atoms with van der Waals surface area (Å²) >= 11 is 1.35. The SMILES string of the molecule is CCNC(=O)NCc1ccccc1-c1ccc([C@H]2O[C@@H](CSc3ncccc3C(=O)O)C[C@@H](c3ccc(CO)cc3)O2)cc1. The second-order valence-corrected chi connectivity index (χ2v) is 11.3. The van der Waals surface area contributed by atoms with Gasteiger partial charge in [-0.2, -0.15) is 0 Å². The second-order valence-electron chi connectivity index (χ2n) is 10.3. The zero-order valence-corrected chi connectivity index (χ0v) is 25.1. The van der Waals surface area contributed by atoms with E-state index < -0.39 is 12.3 Å². The van der Waals surface area contributed by atoms with Gasteiger partial charge in [-0.25, -0.2) is 14.6 Å². The number of hydrogen-bond acceptors (Lipinski definition) is 7. The maximum absolute atomic E-state index is 12.0. The molecule has 2 heterocycles. The molecule has 2 amide bonds. The minimum atomic E-state index is -1.02. The molecule has 9 nitrogen and oxygen atoms in total. The Morgan fingerprint density at radius 2 is 1.68 bits per heavy atom. The van der Waals surface area contributed by atoms with E-state index in [0.29, 0.717) is 30.3 Å². The van der Waals surface area contributed by atoms with Gasteiger partial charge in [-0.1, -0.05) is 72.8 Å². The van der Waals surface area contributed by atoms with E-state index in [1.54, 1.807) is 18.3 Å². The second kappa shape index (κ2) is 15.0.